The van der Waals surface area contributed by atoms with E-state index in [1.807, 2.05) is 18.2 Å². The Morgan fingerprint density at radius 3 is 2.48 bits per heavy atom. The van der Waals surface area contributed by atoms with Crippen molar-refractivity contribution in [3.8, 4) is 16.9 Å². The fourth-order valence-corrected chi connectivity index (χ4v) is 4.48. The summed E-state index contributed by atoms with van der Waals surface area (Å²) in [5.74, 6) is 0. The highest BCUT2D eigenvalue weighted by Crippen LogP contribution is 2.32. The van der Waals surface area contributed by atoms with Gasteiger partial charge in [0.2, 0.25) is 0 Å². The van der Waals surface area contributed by atoms with Gasteiger partial charge in [0.15, 0.2) is 4.80 Å². The summed E-state index contributed by atoms with van der Waals surface area (Å²) >= 11 is 14.0. The van der Waals surface area contributed by atoms with Gasteiger partial charge in [0.1, 0.15) is 0 Å². The molecule has 0 saturated heterocycles. The topological polar surface area (TPSA) is 22.2 Å². The number of rotatable bonds is 4. The monoisotopic (exact) mass is 393 g/mol. The molecule has 1 aromatic carbocycles. The number of thiazole rings is 1. The van der Waals surface area contributed by atoms with Crippen molar-refractivity contribution < 1.29 is 0 Å². The molecule has 0 N–H and O–H groups in total. The largest absolute Gasteiger partial charge is 0.318 e. The molecule has 0 fully saturated rings. The molecule has 2 aromatic heterocycles. The van der Waals surface area contributed by atoms with E-state index in [0.29, 0.717) is 10.0 Å². The van der Waals surface area contributed by atoms with Crippen molar-refractivity contribution in [2.45, 2.75) is 34.2 Å². The molecule has 6 heteroatoms. The molecule has 25 heavy (non-hydrogen) atoms. The van der Waals surface area contributed by atoms with Crippen molar-refractivity contribution in [2.75, 3.05) is 6.54 Å². The minimum absolute atomic E-state index is 0.566. The quantitative estimate of drug-likeness (QED) is 0.528. The molecule has 3 rings (SSSR count). The van der Waals surface area contributed by atoms with Crippen LogP contribution in [0.5, 0.6) is 0 Å². The van der Waals surface area contributed by atoms with Gasteiger partial charge in [-0.05, 0) is 52.0 Å². The lowest BCUT2D eigenvalue weighted by Gasteiger charge is -2.11. The number of aromatic nitrogens is 2. The van der Waals surface area contributed by atoms with Gasteiger partial charge in [-0.3, -0.25) is 4.99 Å². The lowest BCUT2D eigenvalue weighted by Crippen LogP contribution is -2.15. The summed E-state index contributed by atoms with van der Waals surface area (Å²) in [6.45, 7) is 10.2. The lowest BCUT2D eigenvalue weighted by molar-refractivity contribution is 0.734. The van der Waals surface area contributed by atoms with E-state index in [4.69, 9.17) is 23.2 Å². The Morgan fingerprint density at radius 2 is 1.84 bits per heavy atom. The smallest absolute Gasteiger partial charge is 0.185 e. The van der Waals surface area contributed by atoms with Crippen molar-refractivity contribution in [1.29, 1.82) is 0 Å². The van der Waals surface area contributed by atoms with Gasteiger partial charge in [0.25, 0.3) is 0 Å². The Bertz CT molecular complexity index is 979. The van der Waals surface area contributed by atoms with E-state index in [-0.39, 0.29) is 0 Å². The van der Waals surface area contributed by atoms with E-state index < -0.39 is 0 Å². The second kappa shape index (κ2) is 7.40. The van der Waals surface area contributed by atoms with Crippen LogP contribution in [-0.2, 0) is 6.54 Å². The summed E-state index contributed by atoms with van der Waals surface area (Å²) in [5, 5.41) is 3.33. The standard InChI is InChI=1S/C19H21Cl2N3S/c1-5-22-19-23(6-2)18(11-25-19)15-9-12(3)24(13(15)4)14-7-8-16(20)17(21)10-14/h7-11H,5-6H2,1-4H3. The highest BCUT2D eigenvalue weighted by molar-refractivity contribution is 7.07. The molecule has 0 amide bonds. The van der Waals surface area contributed by atoms with Gasteiger partial charge in [-0.15, -0.1) is 11.3 Å². The summed E-state index contributed by atoms with van der Waals surface area (Å²) in [4.78, 5) is 5.67. The van der Waals surface area contributed by atoms with Crippen molar-refractivity contribution in [1.82, 2.24) is 9.13 Å². The predicted octanol–water partition coefficient (Wildman–Crippen LogP) is 5.87. The van der Waals surface area contributed by atoms with Crippen molar-refractivity contribution in [3.63, 3.8) is 0 Å². The first-order valence-electron chi connectivity index (χ1n) is 8.31. The molecule has 0 atom stereocenters. The Labute approximate surface area is 162 Å². The van der Waals surface area contributed by atoms with E-state index in [0.717, 1.165) is 29.3 Å². The molecule has 3 aromatic rings. The zero-order valence-corrected chi connectivity index (χ0v) is 17.1. The highest BCUT2D eigenvalue weighted by atomic mass is 35.5. The molecule has 3 nitrogen and oxygen atoms in total. The maximum atomic E-state index is 6.22. The van der Waals surface area contributed by atoms with Crippen LogP contribution in [0.1, 0.15) is 25.2 Å². The first-order chi connectivity index (χ1) is 12.0. The van der Waals surface area contributed by atoms with Gasteiger partial charge in [-0.2, -0.15) is 0 Å². The predicted molar refractivity (Wildman–Crippen MR) is 108 cm³/mol. The number of nitrogens with zero attached hydrogens (tertiary/aromatic N) is 3. The summed E-state index contributed by atoms with van der Waals surface area (Å²) in [6, 6.07) is 7.97. The first kappa shape index (κ1) is 18.3. The van der Waals surface area contributed by atoms with Crippen molar-refractivity contribution in [3.05, 3.63) is 55.9 Å². The molecule has 0 unspecified atom stereocenters. The normalized spacial score (nSPS) is 12.2. The van der Waals surface area contributed by atoms with Crippen LogP contribution in [0.4, 0.5) is 0 Å². The van der Waals surface area contributed by atoms with E-state index in [1.54, 1.807) is 11.3 Å². The van der Waals surface area contributed by atoms with Gasteiger partial charge in [0, 0.05) is 41.1 Å². The summed E-state index contributed by atoms with van der Waals surface area (Å²) in [6.07, 6.45) is 0. The van der Waals surface area contributed by atoms with Gasteiger partial charge in [-0.25, -0.2) is 0 Å². The second-order valence-corrected chi connectivity index (χ2v) is 7.49. The van der Waals surface area contributed by atoms with E-state index in [1.165, 1.54) is 17.0 Å². The summed E-state index contributed by atoms with van der Waals surface area (Å²) in [7, 11) is 0. The number of halogens is 2. The fraction of sp³-hybridized carbons (Fsp3) is 0.316. The van der Waals surface area contributed by atoms with Gasteiger partial charge in [-0.1, -0.05) is 23.2 Å². The van der Waals surface area contributed by atoms with Crippen LogP contribution in [0.3, 0.4) is 0 Å². The van der Waals surface area contributed by atoms with Crippen molar-refractivity contribution >= 4 is 34.5 Å². The number of aryl methyl sites for hydroxylation is 1. The zero-order chi connectivity index (χ0) is 18.1. The van der Waals surface area contributed by atoms with E-state index in [2.05, 4.69) is 53.3 Å². The molecule has 0 aliphatic heterocycles. The molecule has 0 aliphatic carbocycles. The molecule has 2 heterocycles. The Balaban J connectivity index is 2.18. The van der Waals surface area contributed by atoms with Crippen LogP contribution < -0.4 is 4.80 Å². The Hall–Kier alpha value is -1.49. The number of hydrogen-bond donors (Lipinski definition) is 0. The molecular weight excluding hydrogens is 373 g/mol. The molecule has 0 aliphatic rings. The first-order valence-corrected chi connectivity index (χ1v) is 9.95. The van der Waals surface area contributed by atoms with Crippen LogP contribution in [0.15, 0.2) is 34.6 Å². The minimum atomic E-state index is 0.566. The minimum Gasteiger partial charge on any atom is -0.318 e. The molecular formula is C19H21Cl2N3S. The molecule has 0 bridgehead atoms. The second-order valence-electron chi connectivity index (χ2n) is 5.84. The van der Waals surface area contributed by atoms with E-state index >= 15 is 0 Å². The van der Waals surface area contributed by atoms with E-state index in [9.17, 15) is 0 Å². The fourth-order valence-electron chi connectivity index (χ4n) is 3.15. The molecule has 132 valence electrons. The zero-order valence-electron chi connectivity index (χ0n) is 14.8. The number of hydrogen-bond acceptors (Lipinski definition) is 2. The Morgan fingerprint density at radius 1 is 1.08 bits per heavy atom. The van der Waals surface area contributed by atoms with Gasteiger partial charge >= 0.3 is 0 Å². The SMILES string of the molecule is CCN=c1scc(-c2cc(C)n(-c3ccc(Cl)c(Cl)c3)c2C)n1CC. The van der Waals surface area contributed by atoms with Crippen LogP contribution in [0.2, 0.25) is 10.0 Å². The van der Waals surface area contributed by atoms with Crippen LogP contribution >= 0.6 is 34.5 Å². The van der Waals surface area contributed by atoms with Gasteiger partial charge in [0.05, 0.1) is 15.7 Å². The van der Waals surface area contributed by atoms with Crippen LogP contribution in [0.25, 0.3) is 16.9 Å². The third kappa shape index (κ3) is 3.31. The number of benzene rings is 1. The highest BCUT2D eigenvalue weighted by Gasteiger charge is 2.16. The van der Waals surface area contributed by atoms with Gasteiger partial charge < -0.3 is 9.13 Å². The molecule has 0 saturated carbocycles. The maximum absolute atomic E-state index is 6.22. The van der Waals surface area contributed by atoms with Crippen LogP contribution in [-0.4, -0.2) is 15.7 Å². The molecule has 0 radical (unpaired) electrons. The summed E-state index contributed by atoms with van der Waals surface area (Å²) in [5.41, 5.74) is 5.79. The average Bonchev–Trinajstić information content (AvgIpc) is 3.11. The van der Waals surface area contributed by atoms with Crippen LogP contribution in [0, 0.1) is 13.8 Å². The maximum Gasteiger partial charge on any atom is 0.185 e. The van der Waals surface area contributed by atoms with Crippen molar-refractivity contribution in [2.24, 2.45) is 4.99 Å². The Kier molecular flexibility index (Phi) is 5.42. The average molecular weight is 394 g/mol. The summed E-state index contributed by atoms with van der Waals surface area (Å²) < 4.78 is 4.49. The third-order valence-electron chi connectivity index (χ3n) is 4.28. The lowest BCUT2D eigenvalue weighted by atomic mass is 10.2. The molecule has 0 spiro atoms. The third-order valence-corrected chi connectivity index (χ3v) is 5.92.